The van der Waals surface area contributed by atoms with Crippen LogP contribution in [0.3, 0.4) is 0 Å². The van der Waals surface area contributed by atoms with Crippen molar-refractivity contribution in [1.82, 2.24) is 20.2 Å². The molecule has 0 aliphatic rings. The first-order valence-electron chi connectivity index (χ1n) is 8.17. The zero-order chi connectivity index (χ0) is 20.3. The number of ether oxygens (including phenoxy) is 1. The van der Waals surface area contributed by atoms with Crippen molar-refractivity contribution in [2.45, 2.75) is 19.5 Å². The van der Waals surface area contributed by atoms with Gasteiger partial charge >= 0.3 is 6.18 Å². The Hall–Kier alpha value is -3.43. The molecule has 146 valence electrons. The minimum absolute atomic E-state index is 0.199. The second-order valence-corrected chi connectivity index (χ2v) is 5.95. The van der Waals surface area contributed by atoms with Crippen molar-refractivity contribution >= 4 is 11.6 Å². The van der Waals surface area contributed by atoms with Gasteiger partial charge in [0.05, 0.1) is 19.1 Å². The van der Waals surface area contributed by atoms with Gasteiger partial charge in [0.25, 0.3) is 0 Å². The number of aromatic nitrogens is 4. The smallest absolute Gasteiger partial charge is 0.416 e. The number of hydrogen-bond acceptors (Lipinski definition) is 5. The SMILES string of the molecule is COc1ccc(NC(=O)Cc2cccc(C(F)(F)F)c2)cc1-n1nnnc1C. The van der Waals surface area contributed by atoms with Crippen molar-refractivity contribution in [3.8, 4) is 11.4 Å². The molecule has 1 amide bonds. The van der Waals surface area contributed by atoms with Gasteiger partial charge in [-0.1, -0.05) is 18.2 Å². The third kappa shape index (κ3) is 4.27. The lowest BCUT2D eigenvalue weighted by Gasteiger charge is -2.12. The minimum Gasteiger partial charge on any atom is -0.494 e. The molecule has 0 atom stereocenters. The van der Waals surface area contributed by atoms with Crippen LogP contribution in [0.15, 0.2) is 42.5 Å². The molecule has 10 heteroatoms. The van der Waals surface area contributed by atoms with Crippen molar-refractivity contribution in [3.63, 3.8) is 0 Å². The number of aryl methyl sites for hydroxylation is 1. The zero-order valence-electron chi connectivity index (χ0n) is 15.0. The van der Waals surface area contributed by atoms with E-state index in [1.54, 1.807) is 25.1 Å². The van der Waals surface area contributed by atoms with E-state index in [4.69, 9.17) is 4.74 Å². The summed E-state index contributed by atoms with van der Waals surface area (Å²) in [7, 11) is 1.49. The first-order valence-corrected chi connectivity index (χ1v) is 8.17. The maximum Gasteiger partial charge on any atom is 0.416 e. The average Bonchev–Trinajstić information content (AvgIpc) is 3.07. The number of nitrogens with zero attached hydrogens (tertiary/aromatic N) is 4. The first kappa shape index (κ1) is 19.3. The predicted octanol–water partition coefficient (Wildman–Crippen LogP) is 3.18. The minimum atomic E-state index is -4.46. The van der Waals surface area contributed by atoms with Crippen LogP contribution in [0, 0.1) is 6.92 Å². The standard InChI is InChI=1S/C18H16F3N5O2/c1-11-23-24-25-26(11)15-10-14(6-7-16(15)28-2)22-17(27)9-12-4-3-5-13(8-12)18(19,20)21/h3-8,10H,9H2,1-2H3,(H,22,27). The van der Waals surface area contributed by atoms with Crippen LogP contribution in [0.4, 0.5) is 18.9 Å². The summed E-state index contributed by atoms with van der Waals surface area (Å²) in [5, 5.41) is 13.9. The van der Waals surface area contributed by atoms with Gasteiger partial charge in [0, 0.05) is 5.69 Å². The number of hydrogen-bond donors (Lipinski definition) is 1. The second-order valence-electron chi connectivity index (χ2n) is 5.95. The van der Waals surface area contributed by atoms with E-state index in [1.807, 2.05) is 0 Å². The molecule has 7 nitrogen and oxygen atoms in total. The Labute approximate surface area is 158 Å². The summed E-state index contributed by atoms with van der Waals surface area (Å²) in [5.41, 5.74) is 0.417. The predicted molar refractivity (Wildman–Crippen MR) is 94.2 cm³/mol. The van der Waals surface area contributed by atoms with E-state index in [9.17, 15) is 18.0 Å². The fourth-order valence-corrected chi connectivity index (χ4v) is 2.64. The molecular weight excluding hydrogens is 375 g/mol. The monoisotopic (exact) mass is 391 g/mol. The molecule has 0 saturated heterocycles. The summed E-state index contributed by atoms with van der Waals surface area (Å²) in [4.78, 5) is 12.3. The Kier molecular flexibility index (Phi) is 5.30. The molecule has 0 spiro atoms. The van der Waals surface area contributed by atoms with E-state index >= 15 is 0 Å². The van der Waals surface area contributed by atoms with Gasteiger partial charge in [-0.2, -0.15) is 17.9 Å². The summed E-state index contributed by atoms with van der Waals surface area (Å²) in [6, 6.07) is 9.54. The van der Waals surface area contributed by atoms with Crippen molar-refractivity contribution < 1.29 is 22.7 Å². The van der Waals surface area contributed by atoms with Crippen LogP contribution in [0.2, 0.25) is 0 Å². The lowest BCUT2D eigenvalue weighted by atomic mass is 10.1. The number of carbonyl (C=O) groups excluding carboxylic acids is 1. The van der Waals surface area contributed by atoms with Crippen molar-refractivity contribution in [2.75, 3.05) is 12.4 Å². The summed E-state index contributed by atoms with van der Waals surface area (Å²) in [6.45, 7) is 1.71. The van der Waals surface area contributed by atoms with Crippen LogP contribution in [0.25, 0.3) is 5.69 Å². The van der Waals surface area contributed by atoms with Gasteiger partial charge in [0.1, 0.15) is 11.4 Å². The first-order chi connectivity index (χ1) is 13.3. The number of halogens is 3. The Morgan fingerprint density at radius 2 is 2.00 bits per heavy atom. The molecule has 3 rings (SSSR count). The number of tetrazole rings is 1. The van der Waals surface area contributed by atoms with Gasteiger partial charge in [-0.3, -0.25) is 4.79 Å². The molecule has 28 heavy (non-hydrogen) atoms. The highest BCUT2D eigenvalue weighted by molar-refractivity contribution is 5.92. The molecule has 0 radical (unpaired) electrons. The third-order valence-corrected chi connectivity index (χ3v) is 3.94. The summed E-state index contributed by atoms with van der Waals surface area (Å²) < 4.78 is 45.1. The van der Waals surface area contributed by atoms with Crippen LogP contribution in [-0.4, -0.2) is 33.2 Å². The fourth-order valence-electron chi connectivity index (χ4n) is 2.64. The van der Waals surface area contributed by atoms with Crippen LogP contribution >= 0.6 is 0 Å². The molecule has 0 bridgehead atoms. The maximum absolute atomic E-state index is 12.8. The van der Waals surface area contributed by atoms with E-state index in [2.05, 4.69) is 20.8 Å². The molecule has 0 unspecified atom stereocenters. The number of amides is 1. The van der Waals surface area contributed by atoms with Gasteiger partial charge in [0.2, 0.25) is 5.91 Å². The molecular formula is C18H16F3N5O2. The third-order valence-electron chi connectivity index (χ3n) is 3.94. The Balaban J connectivity index is 1.79. The molecule has 0 fully saturated rings. The van der Waals surface area contributed by atoms with E-state index < -0.39 is 17.6 Å². The number of benzene rings is 2. The van der Waals surface area contributed by atoms with Crippen molar-refractivity contribution in [2.24, 2.45) is 0 Å². The van der Waals surface area contributed by atoms with Gasteiger partial charge in [-0.25, -0.2) is 0 Å². The van der Waals surface area contributed by atoms with Crippen LogP contribution < -0.4 is 10.1 Å². The summed E-state index contributed by atoms with van der Waals surface area (Å²) in [5.74, 6) is 0.556. The van der Waals surface area contributed by atoms with E-state index in [-0.39, 0.29) is 12.0 Å². The molecule has 1 heterocycles. The van der Waals surface area contributed by atoms with E-state index in [1.165, 1.54) is 23.9 Å². The highest BCUT2D eigenvalue weighted by Gasteiger charge is 2.30. The lowest BCUT2D eigenvalue weighted by molar-refractivity contribution is -0.137. The van der Waals surface area contributed by atoms with Gasteiger partial charge in [-0.15, -0.1) is 5.10 Å². The van der Waals surface area contributed by atoms with Gasteiger partial charge in [-0.05, 0) is 47.2 Å². The quantitative estimate of drug-likeness (QED) is 0.722. The highest BCUT2D eigenvalue weighted by atomic mass is 19.4. The van der Waals surface area contributed by atoms with E-state index in [0.29, 0.717) is 22.9 Å². The zero-order valence-corrected chi connectivity index (χ0v) is 15.0. The molecule has 2 aromatic carbocycles. The summed E-state index contributed by atoms with van der Waals surface area (Å²) in [6.07, 6.45) is -4.66. The number of nitrogens with one attached hydrogen (secondary N) is 1. The molecule has 1 aromatic heterocycles. The Morgan fingerprint density at radius 3 is 2.64 bits per heavy atom. The van der Waals surface area contributed by atoms with Gasteiger partial charge in [0.15, 0.2) is 5.82 Å². The lowest BCUT2D eigenvalue weighted by Crippen LogP contribution is -2.15. The molecule has 0 saturated carbocycles. The number of rotatable bonds is 5. The number of alkyl halides is 3. The fraction of sp³-hybridized carbons (Fsp3) is 0.222. The highest BCUT2D eigenvalue weighted by Crippen LogP contribution is 2.30. The average molecular weight is 391 g/mol. The van der Waals surface area contributed by atoms with Crippen molar-refractivity contribution in [1.29, 1.82) is 0 Å². The van der Waals surface area contributed by atoms with Crippen LogP contribution in [-0.2, 0) is 17.4 Å². The topological polar surface area (TPSA) is 81.9 Å². The molecule has 1 N–H and O–H groups in total. The number of carbonyl (C=O) groups is 1. The van der Waals surface area contributed by atoms with Crippen LogP contribution in [0.5, 0.6) is 5.75 Å². The normalized spacial score (nSPS) is 11.3. The summed E-state index contributed by atoms with van der Waals surface area (Å²) >= 11 is 0. The number of methoxy groups -OCH3 is 1. The second kappa shape index (κ2) is 7.67. The number of anilines is 1. The largest absolute Gasteiger partial charge is 0.494 e. The van der Waals surface area contributed by atoms with E-state index in [0.717, 1.165) is 12.1 Å². The molecule has 0 aliphatic heterocycles. The molecule has 0 aliphatic carbocycles. The van der Waals surface area contributed by atoms with Crippen LogP contribution in [0.1, 0.15) is 17.0 Å². The van der Waals surface area contributed by atoms with Gasteiger partial charge < -0.3 is 10.1 Å². The Bertz CT molecular complexity index is 1000. The Morgan fingerprint density at radius 1 is 1.21 bits per heavy atom. The van der Waals surface area contributed by atoms with Crippen molar-refractivity contribution in [3.05, 3.63) is 59.4 Å². The maximum atomic E-state index is 12.8. The molecule has 3 aromatic rings.